The van der Waals surface area contributed by atoms with Crippen LogP contribution in [0.3, 0.4) is 0 Å². The highest BCUT2D eigenvalue weighted by Gasteiger charge is 2.36. The maximum Gasteiger partial charge on any atom is 0.416 e. The van der Waals surface area contributed by atoms with Crippen LogP contribution in [0.1, 0.15) is 18.1 Å². The fourth-order valence-electron chi connectivity index (χ4n) is 3.83. The molecule has 0 saturated carbocycles. The van der Waals surface area contributed by atoms with E-state index in [-0.39, 0.29) is 16.4 Å². The quantitative estimate of drug-likeness (QED) is 0.154. The number of hydrogen-bond donors (Lipinski definition) is 1. The van der Waals surface area contributed by atoms with Crippen molar-refractivity contribution >= 4 is 46.3 Å². The zero-order valence-electron chi connectivity index (χ0n) is 22.5. The molecular formula is C28H22F3N3O8S. The van der Waals surface area contributed by atoms with Crippen molar-refractivity contribution in [3.05, 3.63) is 86.8 Å². The van der Waals surface area contributed by atoms with E-state index in [1.807, 2.05) is 6.92 Å². The average Bonchev–Trinajstić information content (AvgIpc) is 3.21. The summed E-state index contributed by atoms with van der Waals surface area (Å²) in [6.45, 7) is 1.80. The van der Waals surface area contributed by atoms with Gasteiger partial charge < -0.3 is 19.5 Å². The van der Waals surface area contributed by atoms with Crippen molar-refractivity contribution in [2.45, 2.75) is 13.1 Å². The molecule has 3 aromatic carbocycles. The van der Waals surface area contributed by atoms with Gasteiger partial charge in [-0.2, -0.15) is 13.2 Å². The molecule has 0 bridgehead atoms. The van der Waals surface area contributed by atoms with Crippen LogP contribution in [0.2, 0.25) is 0 Å². The number of carbonyl (C=O) groups is 3. The second-order valence-electron chi connectivity index (χ2n) is 8.72. The fourth-order valence-corrected chi connectivity index (χ4v) is 4.67. The Bertz CT molecular complexity index is 1610. The van der Waals surface area contributed by atoms with E-state index in [9.17, 15) is 37.7 Å². The number of thioether (sulfide) groups is 1. The molecule has 3 aromatic rings. The molecule has 1 saturated heterocycles. The van der Waals surface area contributed by atoms with Crippen LogP contribution in [-0.2, 0) is 15.8 Å². The van der Waals surface area contributed by atoms with Crippen molar-refractivity contribution in [3.63, 3.8) is 0 Å². The third kappa shape index (κ3) is 7.43. The fraction of sp³-hybridized carbons (Fsp3) is 0.179. The Morgan fingerprint density at radius 3 is 2.37 bits per heavy atom. The van der Waals surface area contributed by atoms with Crippen LogP contribution in [-0.4, -0.2) is 47.1 Å². The molecule has 0 atom stereocenters. The van der Waals surface area contributed by atoms with E-state index in [1.165, 1.54) is 31.4 Å². The normalized spacial score (nSPS) is 14.2. The van der Waals surface area contributed by atoms with Crippen molar-refractivity contribution < 1.29 is 46.7 Å². The highest BCUT2D eigenvalue weighted by Crippen LogP contribution is 2.41. The van der Waals surface area contributed by atoms with E-state index in [2.05, 4.69) is 5.32 Å². The van der Waals surface area contributed by atoms with Gasteiger partial charge in [0, 0.05) is 11.8 Å². The van der Waals surface area contributed by atoms with Gasteiger partial charge >= 0.3 is 11.9 Å². The molecule has 0 unspecified atom stereocenters. The number of alkyl halides is 3. The second kappa shape index (κ2) is 12.9. The van der Waals surface area contributed by atoms with Gasteiger partial charge in [0.15, 0.2) is 11.5 Å². The number of carbonyl (C=O) groups excluding carboxylic acids is 3. The molecule has 1 heterocycles. The molecule has 11 nitrogen and oxygen atoms in total. The Morgan fingerprint density at radius 2 is 1.74 bits per heavy atom. The number of nitro benzene ring substituents is 1. The van der Waals surface area contributed by atoms with Crippen LogP contribution >= 0.6 is 11.8 Å². The van der Waals surface area contributed by atoms with Gasteiger partial charge in [-0.15, -0.1) is 0 Å². The number of nitrogens with one attached hydrogen (secondary N) is 1. The number of methoxy groups -OCH3 is 1. The van der Waals surface area contributed by atoms with Crippen molar-refractivity contribution in [3.8, 4) is 23.0 Å². The topological polar surface area (TPSA) is 137 Å². The monoisotopic (exact) mass is 617 g/mol. The van der Waals surface area contributed by atoms with Crippen LogP contribution in [0.4, 0.5) is 29.3 Å². The summed E-state index contributed by atoms with van der Waals surface area (Å²) in [5, 5.41) is 13.3. The number of anilines is 1. The minimum atomic E-state index is -4.79. The van der Waals surface area contributed by atoms with Gasteiger partial charge in [-0.1, -0.05) is 6.07 Å². The summed E-state index contributed by atoms with van der Waals surface area (Å²) in [7, 11) is 1.27. The SMILES string of the molecule is CCOc1ccc(NC(=O)CN2C(=O)S/C(=C/c3ccc(Oc4ccc(C(F)(F)F)cc4[N+](=O)[O-])c(OC)c3)C2=O)cc1. The summed E-state index contributed by atoms with van der Waals surface area (Å²) < 4.78 is 55.2. The number of nitro groups is 1. The van der Waals surface area contributed by atoms with Gasteiger partial charge in [-0.3, -0.25) is 29.4 Å². The van der Waals surface area contributed by atoms with E-state index in [1.54, 1.807) is 24.3 Å². The maximum atomic E-state index is 13.0. The summed E-state index contributed by atoms with van der Waals surface area (Å²) in [6, 6.07) is 12.6. The van der Waals surface area contributed by atoms with Gasteiger partial charge in [-0.05, 0) is 78.9 Å². The predicted molar refractivity (Wildman–Crippen MR) is 150 cm³/mol. The van der Waals surface area contributed by atoms with Gasteiger partial charge in [0.1, 0.15) is 12.3 Å². The summed E-state index contributed by atoms with van der Waals surface area (Å²) in [4.78, 5) is 49.1. The van der Waals surface area contributed by atoms with Gasteiger partial charge in [-0.25, -0.2) is 0 Å². The number of nitrogens with zero attached hydrogens (tertiary/aromatic N) is 2. The summed E-state index contributed by atoms with van der Waals surface area (Å²) in [6.07, 6.45) is -3.41. The lowest BCUT2D eigenvalue weighted by atomic mass is 10.1. The highest BCUT2D eigenvalue weighted by atomic mass is 32.2. The minimum absolute atomic E-state index is 0.0213. The van der Waals surface area contributed by atoms with Crippen LogP contribution < -0.4 is 19.5 Å². The van der Waals surface area contributed by atoms with Gasteiger partial charge in [0.25, 0.3) is 11.1 Å². The molecule has 1 fully saturated rings. The lowest BCUT2D eigenvalue weighted by molar-refractivity contribution is -0.385. The summed E-state index contributed by atoms with van der Waals surface area (Å²) >= 11 is 0.624. The molecular weight excluding hydrogens is 595 g/mol. The molecule has 0 radical (unpaired) electrons. The van der Waals surface area contributed by atoms with Gasteiger partial charge in [0.2, 0.25) is 11.7 Å². The predicted octanol–water partition coefficient (Wildman–Crippen LogP) is 6.49. The zero-order chi connectivity index (χ0) is 31.3. The molecule has 3 amide bonds. The number of benzene rings is 3. The first-order valence-corrected chi connectivity index (χ1v) is 13.2. The third-order valence-electron chi connectivity index (χ3n) is 5.81. The first kappa shape index (κ1) is 30.9. The number of imide groups is 1. The number of halogens is 3. The first-order valence-electron chi connectivity index (χ1n) is 12.4. The van der Waals surface area contributed by atoms with Crippen molar-refractivity contribution in [2.75, 3.05) is 25.6 Å². The van der Waals surface area contributed by atoms with E-state index >= 15 is 0 Å². The molecule has 15 heteroatoms. The molecule has 1 aliphatic heterocycles. The Kier molecular flexibility index (Phi) is 9.24. The number of rotatable bonds is 10. The van der Waals surface area contributed by atoms with Gasteiger partial charge in [0.05, 0.1) is 29.1 Å². The van der Waals surface area contributed by atoms with E-state index < -0.39 is 51.7 Å². The standard InChI is InChI=1S/C28H22F3N3O8S/c1-3-41-19-8-6-18(7-9-19)32-25(35)15-33-26(36)24(43-27(33)37)13-16-4-10-22(23(12-16)40-2)42-21-11-5-17(28(29,30)31)14-20(21)34(38)39/h4-14H,3,15H2,1-2H3,(H,32,35)/b24-13+. The average molecular weight is 618 g/mol. The molecule has 0 aromatic heterocycles. The Morgan fingerprint density at radius 1 is 1.05 bits per heavy atom. The number of amides is 3. The van der Waals surface area contributed by atoms with Crippen LogP contribution in [0.25, 0.3) is 6.08 Å². The van der Waals surface area contributed by atoms with Crippen LogP contribution in [0, 0.1) is 10.1 Å². The van der Waals surface area contributed by atoms with E-state index in [4.69, 9.17) is 14.2 Å². The smallest absolute Gasteiger partial charge is 0.416 e. The zero-order valence-corrected chi connectivity index (χ0v) is 23.3. The maximum absolute atomic E-state index is 13.0. The second-order valence-corrected chi connectivity index (χ2v) is 9.72. The van der Waals surface area contributed by atoms with E-state index in [0.717, 1.165) is 11.0 Å². The molecule has 1 N–H and O–H groups in total. The Hall–Kier alpha value is -5.05. The highest BCUT2D eigenvalue weighted by molar-refractivity contribution is 8.18. The van der Waals surface area contributed by atoms with E-state index in [0.29, 0.717) is 47.5 Å². The molecule has 43 heavy (non-hydrogen) atoms. The molecule has 224 valence electrons. The third-order valence-corrected chi connectivity index (χ3v) is 6.72. The largest absolute Gasteiger partial charge is 0.494 e. The number of ether oxygens (including phenoxy) is 3. The van der Waals surface area contributed by atoms with Crippen molar-refractivity contribution in [1.82, 2.24) is 4.90 Å². The Balaban J connectivity index is 1.48. The van der Waals surface area contributed by atoms with Crippen molar-refractivity contribution in [2.24, 2.45) is 0 Å². The number of hydrogen-bond acceptors (Lipinski definition) is 9. The molecule has 1 aliphatic rings. The summed E-state index contributed by atoms with van der Waals surface area (Å²) in [5.74, 6) is -1.13. The van der Waals surface area contributed by atoms with Crippen LogP contribution in [0.5, 0.6) is 23.0 Å². The lowest BCUT2D eigenvalue weighted by Gasteiger charge is -2.13. The minimum Gasteiger partial charge on any atom is -0.494 e. The lowest BCUT2D eigenvalue weighted by Crippen LogP contribution is -2.36. The molecule has 0 aliphatic carbocycles. The summed E-state index contributed by atoms with van der Waals surface area (Å²) in [5.41, 5.74) is -1.29. The van der Waals surface area contributed by atoms with Crippen LogP contribution in [0.15, 0.2) is 65.6 Å². The first-order chi connectivity index (χ1) is 20.4. The molecule has 0 spiro atoms. The Labute approximate surface area is 246 Å². The molecule has 4 rings (SSSR count). The van der Waals surface area contributed by atoms with Crippen molar-refractivity contribution in [1.29, 1.82) is 0 Å².